The largest absolute Gasteiger partial charge is 1.00 e. The molecule has 0 aromatic rings. The minimum absolute atomic E-state index is 0. The van der Waals surface area contributed by atoms with Gasteiger partial charge in [-0.1, -0.05) is 64.0 Å². The second-order valence-corrected chi connectivity index (χ2v) is 8.44. The van der Waals surface area contributed by atoms with E-state index in [9.17, 15) is 9.90 Å². The van der Waals surface area contributed by atoms with Crippen LogP contribution in [0.2, 0.25) is 0 Å². The molecule has 0 fully saturated rings. The van der Waals surface area contributed by atoms with Gasteiger partial charge in [0, 0.05) is 6.42 Å². The van der Waals surface area contributed by atoms with Crippen LogP contribution in [0.1, 0.15) is 90.4 Å². The van der Waals surface area contributed by atoms with Crippen molar-refractivity contribution >= 4 is 13.8 Å². The molecule has 0 aromatic heterocycles. The van der Waals surface area contributed by atoms with Crippen LogP contribution in [0.3, 0.4) is 0 Å². The predicted molar refractivity (Wildman–Crippen MR) is 115 cm³/mol. The molecule has 0 rings (SSSR count). The van der Waals surface area contributed by atoms with Crippen molar-refractivity contribution < 1.29 is 103 Å². The molecule has 0 bridgehead atoms. The van der Waals surface area contributed by atoms with Crippen molar-refractivity contribution in [1.82, 2.24) is 0 Å². The average molecular weight is 515 g/mol. The van der Waals surface area contributed by atoms with Gasteiger partial charge >= 0.3 is 65.1 Å². The molecule has 0 spiro atoms. The number of ether oxygens (including phenoxy) is 1. The van der Waals surface area contributed by atoms with Gasteiger partial charge in [0.1, 0.15) is 12.7 Å². The summed E-state index contributed by atoms with van der Waals surface area (Å²) in [5.41, 5.74) is 0. The third-order valence-corrected chi connectivity index (χ3v) is 4.36. The molecule has 0 heterocycles. The van der Waals surface area contributed by atoms with E-state index in [1.54, 1.807) is 0 Å². The van der Waals surface area contributed by atoms with Crippen molar-refractivity contribution in [2.75, 3.05) is 13.2 Å². The van der Waals surface area contributed by atoms with Crippen molar-refractivity contribution in [2.45, 2.75) is 103 Å². The summed E-state index contributed by atoms with van der Waals surface area (Å²) >= 11 is 0. The van der Waals surface area contributed by atoms with Crippen LogP contribution in [0.4, 0.5) is 0 Å². The fourth-order valence-electron chi connectivity index (χ4n) is 2.67. The number of esters is 1. The minimum atomic E-state index is -5.14. The van der Waals surface area contributed by atoms with Crippen LogP contribution >= 0.6 is 7.82 Å². The Bertz CT molecular complexity index is 482. The van der Waals surface area contributed by atoms with Gasteiger partial charge in [0.2, 0.25) is 0 Å². The summed E-state index contributed by atoms with van der Waals surface area (Å²) in [6.45, 7) is 1.68. The fraction of sp³-hybridized carbons (Fsp3) is 0.857. The summed E-state index contributed by atoms with van der Waals surface area (Å²) in [7, 11) is -5.14. The van der Waals surface area contributed by atoms with Crippen LogP contribution < -0.4 is 68.9 Å². The molecule has 0 radical (unpaired) electrons. The van der Waals surface area contributed by atoms with Crippen LogP contribution in [-0.2, 0) is 14.1 Å². The Labute approximate surface area is 243 Å². The monoisotopic (exact) mass is 514 g/mol. The zero-order chi connectivity index (χ0) is 24.0. The molecule has 0 aliphatic carbocycles. The first-order chi connectivity index (χ1) is 14.6. The second-order valence-electron chi connectivity index (χ2n) is 7.50. The molecule has 0 amide bonds. The number of aliphatic hydroxyl groups excluding tert-OH is 3. The third kappa shape index (κ3) is 43.7. The zero-order valence-electron chi connectivity index (χ0n) is 20.7. The molecule has 9 nitrogen and oxygen atoms in total. The van der Waals surface area contributed by atoms with Crippen LogP contribution in [0.25, 0.3) is 0 Å². The van der Waals surface area contributed by atoms with Gasteiger partial charge in [0.15, 0.2) is 0 Å². The molecule has 0 saturated heterocycles. The summed E-state index contributed by atoms with van der Waals surface area (Å²) in [5.74, 6) is -0.311. The zero-order valence-corrected chi connectivity index (χ0v) is 25.6. The van der Waals surface area contributed by atoms with Gasteiger partial charge in [-0.3, -0.25) is 4.79 Å². The van der Waals surface area contributed by atoms with E-state index in [0.717, 1.165) is 57.8 Å². The Morgan fingerprint density at radius 3 is 2.06 bits per heavy atom. The van der Waals surface area contributed by atoms with E-state index in [-0.39, 0.29) is 84.4 Å². The van der Waals surface area contributed by atoms with Crippen LogP contribution in [-0.4, -0.2) is 51.6 Å². The molecular formula is C21H41Na2O9P. The predicted octanol–water partition coefficient (Wildman–Crippen LogP) is -4.29. The third-order valence-electron chi connectivity index (χ3n) is 4.36. The van der Waals surface area contributed by atoms with E-state index in [2.05, 4.69) is 19.1 Å². The SMILES string of the molecule is CCCCCC[C@@H](O)C/C=C\CCCCCCCC(=O)OCC(O)CO.O=P([O-])([O-])O.[Na+].[Na+]. The molecule has 186 valence electrons. The first-order valence-corrected chi connectivity index (χ1v) is 12.6. The van der Waals surface area contributed by atoms with Gasteiger partial charge < -0.3 is 39.3 Å². The maximum absolute atomic E-state index is 11.4. The minimum Gasteiger partial charge on any atom is -0.790 e. The Hall–Kier alpha value is 1.20. The first kappa shape index (κ1) is 41.3. The van der Waals surface area contributed by atoms with E-state index in [0.29, 0.717) is 6.42 Å². The molecule has 12 heteroatoms. The number of carbonyl (C=O) groups is 1. The number of carbonyl (C=O) groups excluding carboxylic acids is 1. The molecule has 4 N–H and O–H groups in total. The fourth-order valence-corrected chi connectivity index (χ4v) is 2.67. The summed E-state index contributed by atoms with van der Waals surface area (Å²) in [4.78, 5) is 35.7. The van der Waals surface area contributed by atoms with Gasteiger partial charge in [-0.15, -0.1) is 0 Å². The maximum atomic E-state index is 11.4. The molecule has 0 aliphatic heterocycles. The summed E-state index contributed by atoms with van der Waals surface area (Å²) < 4.78 is 13.5. The number of unbranched alkanes of at least 4 members (excludes halogenated alkanes) is 8. The smallest absolute Gasteiger partial charge is 0.790 e. The molecule has 0 aromatic carbocycles. The van der Waals surface area contributed by atoms with E-state index in [1.807, 2.05) is 0 Å². The van der Waals surface area contributed by atoms with E-state index in [4.69, 9.17) is 34.2 Å². The summed E-state index contributed by atoms with van der Waals surface area (Å²) in [6.07, 6.45) is 16.2. The summed E-state index contributed by atoms with van der Waals surface area (Å²) in [6, 6.07) is 0. The number of hydrogen-bond donors (Lipinski definition) is 4. The number of phosphoric acid groups is 1. The van der Waals surface area contributed by atoms with Crippen LogP contribution in [0.5, 0.6) is 0 Å². The van der Waals surface area contributed by atoms with Crippen molar-refractivity contribution in [1.29, 1.82) is 0 Å². The van der Waals surface area contributed by atoms with E-state index in [1.165, 1.54) is 19.3 Å². The van der Waals surface area contributed by atoms with E-state index < -0.39 is 13.9 Å². The number of rotatable bonds is 18. The van der Waals surface area contributed by atoms with Crippen molar-refractivity contribution in [3.8, 4) is 0 Å². The van der Waals surface area contributed by atoms with Crippen LogP contribution in [0, 0.1) is 0 Å². The van der Waals surface area contributed by atoms with Gasteiger partial charge in [-0.25, -0.2) is 0 Å². The van der Waals surface area contributed by atoms with Crippen molar-refractivity contribution in [2.24, 2.45) is 0 Å². The first-order valence-electron chi connectivity index (χ1n) is 11.1. The van der Waals surface area contributed by atoms with Gasteiger partial charge in [0.25, 0.3) is 0 Å². The maximum Gasteiger partial charge on any atom is 1.00 e. The Morgan fingerprint density at radius 1 is 0.939 bits per heavy atom. The van der Waals surface area contributed by atoms with Crippen LogP contribution in [0.15, 0.2) is 12.2 Å². The molecule has 0 aliphatic rings. The Morgan fingerprint density at radius 2 is 1.48 bits per heavy atom. The molecule has 33 heavy (non-hydrogen) atoms. The quantitative estimate of drug-likeness (QED) is 0.0465. The molecule has 0 saturated carbocycles. The Kier molecular flexibility index (Phi) is 36.9. The topological polar surface area (TPSA) is 170 Å². The van der Waals surface area contributed by atoms with Crippen molar-refractivity contribution in [3.63, 3.8) is 0 Å². The average Bonchev–Trinajstić information content (AvgIpc) is 2.69. The molecule has 1 unspecified atom stereocenters. The molecule has 2 atom stereocenters. The normalized spacial score (nSPS) is 12.7. The van der Waals surface area contributed by atoms with Crippen molar-refractivity contribution in [3.05, 3.63) is 12.2 Å². The Balaban J connectivity index is -0.000000539. The standard InChI is InChI=1S/C21H40O5.2Na.H3O4P/c1-2-3-4-11-14-19(23)15-12-9-7-5-6-8-10-13-16-21(25)26-18-20(24)17-22;;;1-5(2,3)4/h9,12,19-20,22-24H,2-8,10-11,13-18H2,1H3;;;(H3,1,2,3,4)/q;2*+1;/p-2/b12-9-;;;/t19-,20?;;;/m1.../s1. The summed E-state index contributed by atoms with van der Waals surface area (Å²) in [5, 5.41) is 27.6. The van der Waals surface area contributed by atoms with Gasteiger partial charge in [-0.05, 0) is 32.1 Å². The number of allylic oxidation sites excluding steroid dienone is 1. The van der Waals surface area contributed by atoms with Gasteiger partial charge in [-0.2, -0.15) is 0 Å². The molecular weight excluding hydrogens is 473 g/mol. The number of aliphatic hydroxyl groups is 3. The van der Waals surface area contributed by atoms with E-state index >= 15 is 0 Å². The van der Waals surface area contributed by atoms with Gasteiger partial charge in [0.05, 0.1) is 20.5 Å². The number of hydrogen-bond acceptors (Lipinski definition) is 8. The second kappa shape index (κ2) is 29.4.